The Labute approximate surface area is 121 Å². The molecule has 4 atom stereocenters. The van der Waals surface area contributed by atoms with E-state index in [2.05, 4.69) is 37.5 Å². The van der Waals surface area contributed by atoms with Crippen LogP contribution in [0.4, 0.5) is 0 Å². The van der Waals surface area contributed by atoms with Crippen LogP contribution in [0.3, 0.4) is 0 Å². The molecule has 1 saturated carbocycles. The van der Waals surface area contributed by atoms with Crippen molar-refractivity contribution >= 4 is 0 Å². The van der Waals surface area contributed by atoms with Gasteiger partial charge in [0.2, 0.25) is 0 Å². The first-order valence-corrected chi connectivity index (χ1v) is 7.87. The maximum atomic E-state index is 5.93. The second kappa shape index (κ2) is 5.74. The predicted molar refractivity (Wildman–Crippen MR) is 81.5 cm³/mol. The van der Waals surface area contributed by atoms with Crippen LogP contribution in [0.15, 0.2) is 24.3 Å². The third-order valence-corrected chi connectivity index (χ3v) is 5.09. The summed E-state index contributed by atoms with van der Waals surface area (Å²) < 4.78 is 5.84. The third-order valence-electron chi connectivity index (χ3n) is 5.09. The first kappa shape index (κ1) is 13.9. The maximum Gasteiger partial charge on any atom is 0.122 e. The molecule has 0 radical (unpaired) electrons. The Bertz CT molecular complexity index is 452. The van der Waals surface area contributed by atoms with E-state index >= 15 is 0 Å². The Kier molecular flexibility index (Phi) is 3.99. The highest BCUT2D eigenvalue weighted by Gasteiger charge is 2.38. The van der Waals surface area contributed by atoms with Crippen LogP contribution in [0, 0.1) is 17.8 Å². The monoisotopic (exact) mass is 274 g/mol. The fraction of sp³-hybridized carbons (Fsp3) is 0.647. The van der Waals surface area contributed by atoms with E-state index in [1.807, 2.05) is 6.07 Å². The van der Waals surface area contributed by atoms with Crippen molar-refractivity contribution in [2.24, 2.45) is 23.6 Å². The van der Waals surface area contributed by atoms with Gasteiger partial charge in [0.05, 0.1) is 6.61 Å². The van der Waals surface area contributed by atoms with Crippen molar-refractivity contribution in [1.29, 1.82) is 0 Å². The summed E-state index contributed by atoms with van der Waals surface area (Å²) in [5, 5.41) is 0. The largest absolute Gasteiger partial charge is 0.493 e. The molecule has 3 nitrogen and oxygen atoms in total. The molecule has 1 heterocycles. The van der Waals surface area contributed by atoms with Gasteiger partial charge >= 0.3 is 0 Å². The number of ether oxygens (including phenoxy) is 1. The van der Waals surface area contributed by atoms with Gasteiger partial charge in [0.15, 0.2) is 0 Å². The van der Waals surface area contributed by atoms with Crippen molar-refractivity contribution in [2.75, 3.05) is 6.61 Å². The highest BCUT2D eigenvalue weighted by molar-refractivity contribution is 5.40. The summed E-state index contributed by atoms with van der Waals surface area (Å²) in [5.41, 5.74) is 4.44. The van der Waals surface area contributed by atoms with Crippen molar-refractivity contribution < 1.29 is 4.74 Å². The van der Waals surface area contributed by atoms with Gasteiger partial charge in [-0.25, -0.2) is 0 Å². The number of benzene rings is 1. The lowest BCUT2D eigenvalue weighted by Gasteiger charge is -2.38. The zero-order chi connectivity index (χ0) is 14.1. The van der Waals surface area contributed by atoms with Gasteiger partial charge in [0.25, 0.3) is 0 Å². The predicted octanol–water partition coefficient (Wildman–Crippen LogP) is 3.07. The first-order chi connectivity index (χ1) is 9.69. The molecule has 0 amide bonds. The van der Waals surface area contributed by atoms with E-state index in [1.165, 1.54) is 24.8 Å². The summed E-state index contributed by atoms with van der Waals surface area (Å²) in [6, 6.07) is 8.71. The molecule has 3 rings (SSSR count). The smallest absolute Gasteiger partial charge is 0.122 e. The van der Waals surface area contributed by atoms with Crippen LogP contribution >= 0.6 is 0 Å². The van der Waals surface area contributed by atoms with Crippen molar-refractivity contribution in [2.45, 2.75) is 45.1 Å². The zero-order valence-electron chi connectivity index (χ0n) is 12.5. The Morgan fingerprint density at radius 3 is 2.55 bits per heavy atom. The second-order valence-corrected chi connectivity index (χ2v) is 6.83. The fourth-order valence-corrected chi connectivity index (χ4v) is 4.37. The topological polar surface area (TPSA) is 47.3 Å². The molecule has 4 unspecified atom stereocenters. The quantitative estimate of drug-likeness (QED) is 0.658. The molecular weight excluding hydrogens is 248 g/mol. The maximum absolute atomic E-state index is 5.93. The van der Waals surface area contributed by atoms with E-state index in [0.29, 0.717) is 17.9 Å². The molecule has 110 valence electrons. The third kappa shape index (κ3) is 2.57. The lowest BCUT2D eigenvalue weighted by molar-refractivity contribution is 0.153. The van der Waals surface area contributed by atoms with Gasteiger partial charge in [0, 0.05) is 17.5 Å². The Hall–Kier alpha value is -1.06. The summed E-state index contributed by atoms with van der Waals surface area (Å²) in [6.45, 7) is 5.50. The molecule has 1 aromatic rings. The first-order valence-electron chi connectivity index (χ1n) is 7.87. The van der Waals surface area contributed by atoms with Gasteiger partial charge in [0.1, 0.15) is 5.75 Å². The average Bonchev–Trinajstić information content (AvgIpc) is 2.83. The molecule has 1 aliphatic carbocycles. The van der Waals surface area contributed by atoms with Crippen molar-refractivity contribution in [3.8, 4) is 5.75 Å². The molecule has 1 aromatic carbocycles. The minimum atomic E-state index is 0.323. The minimum absolute atomic E-state index is 0.323. The Morgan fingerprint density at radius 2 is 1.85 bits per heavy atom. The van der Waals surface area contributed by atoms with E-state index < -0.39 is 0 Å². The van der Waals surface area contributed by atoms with Crippen molar-refractivity contribution in [3.63, 3.8) is 0 Å². The van der Waals surface area contributed by atoms with E-state index in [4.69, 9.17) is 10.6 Å². The van der Waals surface area contributed by atoms with E-state index in [-0.39, 0.29) is 0 Å². The van der Waals surface area contributed by atoms with Gasteiger partial charge in [-0.2, -0.15) is 0 Å². The molecule has 0 bridgehead atoms. The molecular formula is C17H26N2O. The van der Waals surface area contributed by atoms with E-state index in [1.54, 1.807) is 0 Å². The summed E-state index contributed by atoms with van der Waals surface area (Å²) in [6.07, 6.45) is 3.90. The lowest BCUT2D eigenvalue weighted by atomic mass is 9.70. The lowest BCUT2D eigenvalue weighted by Crippen LogP contribution is -2.47. The van der Waals surface area contributed by atoms with Crippen LogP contribution in [-0.4, -0.2) is 12.6 Å². The average molecular weight is 274 g/mol. The zero-order valence-corrected chi connectivity index (χ0v) is 12.5. The number of nitrogens with one attached hydrogen (secondary N) is 1. The molecule has 0 spiro atoms. The van der Waals surface area contributed by atoms with Gasteiger partial charge < -0.3 is 4.74 Å². The van der Waals surface area contributed by atoms with Gasteiger partial charge in [-0.05, 0) is 43.1 Å². The van der Waals surface area contributed by atoms with Crippen molar-refractivity contribution in [3.05, 3.63) is 29.8 Å². The highest BCUT2D eigenvalue weighted by atomic mass is 16.5. The SMILES string of the molecule is CC1CC(C)CC(C(NN)C2COc3ccccc32)C1. The van der Waals surface area contributed by atoms with Crippen LogP contribution in [0.25, 0.3) is 0 Å². The molecule has 1 fully saturated rings. The van der Waals surface area contributed by atoms with E-state index in [0.717, 1.165) is 24.2 Å². The number of fused-ring (bicyclic) bond motifs is 1. The minimum Gasteiger partial charge on any atom is -0.493 e. The second-order valence-electron chi connectivity index (χ2n) is 6.83. The van der Waals surface area contributed by atoms with Crippen molar-refractivity contribution in [1.82, 2.24) is 5.43 Å². The van der Waals surface area contributed by atoms with Gasteiger partial charge in [-0.1, -0.05) is 32.0 Å². The summed E-state index contributed by atoms with van der Waals surface area (Å²) in [5.74, 6) is 9.61. The Morgan fingerprint density at radius 1 is 1.15 bits per heavy atom. The fourth-order valence-electron chi connectivity index (χ4n) is 4.37. The normalized spacial score (nSPS) is 34.4. The Balaban J connectivity index is 1.80. The van der Waals surface area contributed by atoms with Crippen LogP contribution in [0.5, 0.6) is 5.75 Å². The number of hydrogen-bond donors (Lipinski definition) is 2. The summed E-state index contributed by atoms with van der Waals surface area (Å²) in [7, 11) is 0. The van der Waals surface area contributed by atoms with Crippen LogP contribution < -0.4 is 16.0 Å². The molecule has 1 aliphatic heterocycles. The van der Waals surface area contributed by atoms with E-state index in [9.17, 15) is 0 Å². The molecule has 3 heteroatoms. The number of rotatable bonds is 3. The molecule has 3 N–H and O–H groups in total. The standard InChI is InChI=1S/C17H26N2O/c1-11-7-12(2)9-13(8-11)17(19-18)15-10-20-16-6-4-3-5-14(15)16/h3-6,11-13,15,17,19H,7-10,18H2,1-2H3. The van der Waals surface area contributed by atoms with Gasteiger partial charge in [-0.15, -0.1) is 0 Å². The van der Waals surface area contributed by atoms with Gasteiger partial charge in [-0.3, -0.25) is 11.3 Å². The molecule has 2 aliphatic rings. The van der Waals surface area contributed by atoms with Crippen LogP contribution in [-0.2, 0) is 0 Å². The molecule has 0 saturated heterocycles. The summed E-state index contributed by atoms with van der Waals surface area (Å²) >= 11 is 0. The van der Waals surface area contributed by atoms with Crippen LogP contribution in [0.1, 0.15) is 44.6 Å². The highest BCUT2D eigenvalue weighted by Crippen LogP contribution is 2.42. The summed E-state index contributed by atoms with van der Waals surface area (Å²) in [4.78, 5) is 0. The number of nitrogens with two attached hydrogens (primary N) is 1. The molecule has 20 heavy (non-hydrogen) atoms. The number of para-hydroxylation sites is 1. The molecule has 0 aromatic heterocycles. The van der Waals surface area contributed by atoms with Crippen LogP contribution in [0.2, 0.25) is 0 Å². The number of hydrogen-bond acceptors (Lipinski definition) is 3. The number of hydrazine groups is 1.